The first-order valence-electron chi connectivity index (χ1n) is 7.61. The van der Waals surface area contributed by atoms with E-state index in [2.05, 4.69) is 14.7 Å². The number of rotatable bonds is 6. The largest absolute Gasteiger partial charge is 0.497 e. The summed E-state index contributed by atoms with van der Waals surface area (Å²) in [4.78, 5) is 16.6. The molecule has 1 amide bonds. The van der Waals surface area contributed by atoms with Crippen LogP contribution in [0.4, 0.5) is 5.69 Å². The number of aromatic nitrogens is 2. The van der Waals surface area contributed by atoms with Crippen LogP contribution in [0.15, 0.2) is 52.9 Å². The fraction of sp³-hybridized carbons (Fsp3) is 0.167. The molecular weight excluding hydrogens is 354 g/mol. The van der Waals surface area contributed by atoms with Crippen LogP contribution >= 0.6 is 23.3 Å². The monoisotopic (exact) mass is 371 g/mol. The second-order valence-corrected chi connectivity index (χ2v) is 7.29. The molecule has 3 aromatic rings. The number of hydrogen-bond acceptors (Lipinski definition) is 6. The Bertz CT molecular complexity index is 863. The molecule has 0 radical (unpaired) electrons. The maximum atomic E-state index is 12.1. The Morgan fingerprint density at radius 2 is 2.04 bits per heavy atom. The zero-order valence-electron chi connectivity index (χ0n) is 13.9. The third-order valence-electron chi connectivity index (χ3n) is 3.38. The van der Waals surface area contributed by atoms with Crippen LogP contribution in [0.1, 0.15) is 5.56 Å². The highest BCUT2D eigenvalue weighted by molar-refractivity contribution is 8.01. The van der Waals surface area contributed by atoms with E-state index in [0.29, 0.717) is 5.82 Å². The minimum Gasteiger partial charge on any atom is -0.497 e. The topological polar surface area (TPSA) is 64.1 Å². The average molecular weight is 371 g/mol. The van der Waals surface area contributed by atoms with Gasteiger partial charge in [-0.2, -0.15) is 4.37 Å². The molecule has 1 aromatic heterocycles. The van der Waals surface area contributed by atoms with Crippen molar-refractivity contribution in [1.29, 1.82) is 0 Å². The molecule has 0 atom stereocenters. The Kier molecular flexibility index (Phi) is 5.67. The SMILES string of the molecule is COc1ccc(NC(=O)CSc2nc(-c3cccc(C)c3)ns2)cc1. The molecule has 25 heavy (non-hydrogen) atoms. The van der Waals surface area contributed by atoms with Gasteiger partial charge in [0.25, 0.3) is 0 Å². The standard InChI is InChI=1S/C18H17N3O2S2/c1-12-4-3-5-13(10-12)17-20-18(25-21-17)24-11-16(22)19-14-6-8-15(23-2)9-7-14/h3-10H,11H2,1-2H3,(H,19,22). The van der Waals surface area contributed by atoms with E-state index in [-0.39, 0.29) is 11.7 Å². The number of carbonyl (C=O) groups is 1. The number of nitrogens with zero attached hydrogens (tertiary/aromatic N) is 2. The predicted octanol–water partition coefficient (Wildman–Crippen LogP) is 4.25. The lowest BCUT2D eigenvalue weighted by Gasteiger charge is -2.05. The van der Waals surface area contributed by atoms with E-state index in [0.717, 1.165) is 21.3 Å². The van der Waals surface area contributed by atoms with Gasteiger partial charge in [-0.3, -0.25) is 4.79 Å². The summed E-state index contributed by atoms with van der Waals surface area (Å²) in [6, 6.07) is 15.3. The van der Waals surface area contributed by atoms with Crippen molar-refractivity contribution in [3.05, 3.63) is 54.1 Å². The highest BCUT2D eigenvalue weighted by Gasteiger charge is 2.10. The van der Waals surface area contributed by atoms with Gasteiger partial charge in [-0.05, 0) is 48.8 Å². The molecule has 7 heteroatoms. The van der Waals surface area contributed by atoms with Crippen molar-refractivity contribution in [1.82, 2.24) is 9.36 Å². The molecule has 1 N–H and O–H groups in total. The molecule has 3 rings (SSSR count). The summed E-state index contributed by atoms with van der Waals surface area (Å²) < 4.78 is 10.2. The molecule has 0 saturated heterocycles. The fourth-order valence-electron chi connectivity index (χ4n) is 2.17. The number of nitrogens with one attached hydrogen (secondary N) is 1. The molecule has 0 fully saturated rings. The van der Waals surface area contributed by atoms with Gasteiger partial charge in [-0.15, -0.1) is 0 Å². The molecule has 0 aliphatic carbocycles. The maximum absolute atomic E-state index is 12.1. The minimum absolute atomic E-state index is 0.0810. The Labute approximate surface area is 154 Å². The van der Waals surface area contributed by atoms with Gasteiger partial charge in [0, 0.05) is 11.3 Å². The van der Waals surface area contributed by atoms with Crippen LogP contribution < -0.4 is 10.1 Å². The summed E-state index contributed by atoms with van der Waals surface area (Å²) in [6.07, 6.45) is 0. The number of methoxy groups -OCH3 is 1. The molecule has 1 heterocycles. The van der Waals surface area contributed by atoms with Crippen LogP contribution in [0.2, 0.25) is 0 Å². The van der Waals surface area contributed by atoms with Gasteiger partial charge in [-0.1, -0.05) is 35.5 Å². The van der Waals surface area contributed by atoms with E-state index in [1.807, 2.05) is 55.5 Å². The fourth-order valence-corrected chi connectivity index (χ4v) is 3.58. The summed E-state index contributed by atoms with van der Waals surface area (Å²) in [5.74, 6) is 1.66. The van der Waals surface area contributed by atoms with Crippen molar-refractivity contribution in [2.24, 2.45) is 0 Å². The highest BCUT2D eigenvalue weighted by atomic mass is 32.2. The normalized spacial score (nSPS) is 10.5. The number of amides is 1. The lowest BCUT2D eigenvalue weighted by molar-refractivity contribution is -0.113. The van der Waals surface area contributed by atoms with Crippen LogP contribution in [-0.4, -0.2) is 28.1 Å². The number of hydrogen-bond donors (Lipinski definition) is 1. The summed E-state index contributed by atoms with van der Waals surface area (Å²) in [6.45, 7) is 2.04. The molecule has 5 nitrogen and oxygen atoms in total. The first kappa shape index (κ1) is 17.4. The Hall–Kier alpha value is -2.38. The molecule has 0 spiro atoms. The molecule has 0 unspecified atom stereocenters. The van der Waals surface area contributed by atoms with Gasteiger partial charge in [-0.25, -0.2) is 4.98 Å². The molecule has 0 aliphatic rings. The smallest absolute Gasteiger partial charge is 0.234 e. The summed E-state index contributed by atoms with van der Waals surface area (Å²) in [5.41, 5.74) is 2.90. The third kappa shape index (κ3) is 4.80. The van der Waals surface area contributed by atoms with Crippen LogP contribution in [0.25, 0.3) is 11.4 Å². The van der Waals surface area contributed by atoms with Crippen molar-refractivity contribution in [2.45, 2.75) is 11.3 Å². The second-order valence-electron chi connectivity index (χ2n) is 5.32. The van der Waals surface area contributed by atoms with Gasteiger partial charge in [0.15, 0.2) is 10.2 Å². The zero-order valence-corrected chi connectivity index (χ0v) is 15.5. The average Bonchev–Trinajstić information content (AvgIpc) is 3.10. The molecule has 2 aromatic carbocycles. The van der Waals surface area contributed by atoms with Crippen LogP contribution in [0, 0.1) is 6.92 Å². The van der Waals surface area contributed by atoms with Gasteiger partial charge in [0.2, 0.25) is 5.91 Å². The maximum Gasteiger partial charge on any atom is 0.234 e. The number of carbonyl (C=O) groups excluding carboxylic acids is 1. The molecule has 128 valence electrons. The van der Waals surface area contributed by atoms with Gasteiger partial charge in [0.05, 0.1) is 12.9 Å². The third-order valence-corrected chi connectivity index (χ3v) is 5.22. The van der Waals surface area contributed by atoms with Crippen molar-refractivity contribution >= 4 is 34.9 Å². The van der Waals surface area contributed by atoms with E-state index in [1.54, 1.807) is 7.11 Å². The van der Waals surface area contributed by atoms with Crippen molar-refractivity contribution < 1.29 is 9.53 Å². The van der Waals surface area contributed by atoms with Gasteiger partial charge >= 0.3 is 0 Å². The quantitative estimate of drug-likeness (QED) is 0.656. The molecule has 0 aliphatic heterocycles. The number of benzene rings is 2. The predicted molar refractivity (Wildman–Crippen MR) is 102 cm³/mol. The van der Waals surface area contributed by atoms with Gasteiger partial charge in [0.1, 0.15) is 5.75 Å². The van der Waals surface area contributed by atoms with Gasteiger partial charge < -0.3 is 10.1 Å². The lowest BCUT2D eigenvalue weighted by Crippen LogP contribution is -2.13. The Balaban J connectivity index is 1.55. The van der Waals surface area contributed by atoms with E-state index < -0.39 is 0 Å². The zero-order chi connectivity index (χ0) is 17.6. The molecule has 0 saturated carbocycles. The number of aryl methyl sites for hydroxylation is 1. The van der Waals surface area contributed by atoms with Crippen molar-refractivity contribution in [2.75, 3.05) is 18.2 Å². The number of ether oxygens (including phenoxy) is 1. The first-order valence-corrected chi connectivity index (χ1v) is 9.37. The van der Waals surface area contributed by atoms with Crippen molar-refractivity contribution in [3.8, 4) is 17.1 Å². The number of thioether (sulfide) groups is 1. The van der Waals surface area contributed by atoms with E-state index >= 15 is 0 Å². The minimum atomic E-state index is -0.0810. The second kappa shape index (κ2) is 8.13. The van der Waals surface area contributed by atoms with E-state index in [1.165, 1.54) is 28.9 Å². The summed E-state index contributed by atoms with van der Waals surface area (Å²) in [5, 5.41) is 2.85. The molecular formula is C18H17N3O2S2. The molecule has 0 bridgehead atoms. The summed E-state index contributed by atoms with van der Waals surface area (Å²) >= 11 is 2.69. The van der Waals surface area contributed by atoms with E-state index in [9.17, 15) is 4.79 Å². The van der Waals surface area contributed by atoms with Crippen LogP contribution in [-0.2, 0) is 4.79 Å². The van der Waals surface area contributed by atoms with Crippen LogP contribution in [0.5, 0.6) is 5.75 Å². The summed E-state index contributed by atoms with van der Waals surface area (Å²) in [7, 11) is 1.61. The number of anilines is 1. The highest BCUT2D eigenvalue weighted by Crippen LogP contribution is 2.26. The Morgan fingerprint density at radius 3 is 2.76 bits per heavy atom. The van der Waals surface area contributed by atoms with Crippen LogP contribution in [0.3, 0.4) is 0 Å². The lowest BCUT2D eigenvalue weighted by atomic mass is 10.1. The van der Waals surface area contributed by atoms with Crippen molar-refractivity contribution in [3.63, 3.8) is 0 Å². The Morgan fingerprint density at radius 1 is 1.24 bits per heavy atom. The van der Waals surface area contributed by atoms with E-state index in [4.69, 9.17) is 4.74 Å². The first-order chi connectivity index (χ1) is 12.1.